The number of carbonyl (C=O) groups is 2. The monoisotopic (exact) mass is 324 g/mol. The third kappa shape index (κ3) is 1.97. The van der Waals surface area contributed by atoms with E-state index in [1.807, 2.05) is 31.2 Å². The van der Waals surface area contributed by atoms with Gasteiger partial charge >= 0.3 is 0 Å². The van der Waals surface area contributed by atoms with Crippen LogP contribution in [0.25, 0.3) is 0 Å². The van der Waals surface area contributed by atoms with Crippen molar-refractivity contribution in [3.05, 3.63) is 65.0 Å². The van der Waals surface area contributed by atoms with Gasteiger partial charge < -0.3 is 10.6 Å². The molecule has 2 aliphatic rings. The molecule has 0 saturated carbocycles. The average Bonchev–Trinajstić information content (AvgIpc) is 2.85. The van der Waals surface area contributed by atoms with E-state index in [1.165, 1.54) is 12.1 Å². The summed E-state index contributed by atoms with van der Waals surface area (Å²) in [4.78, 5) is 25.0. The predicted octanol–water partition coefficient (Wildman–Crippen LogP) is 2.98. The maximum atomic E-state index is 13.9. The third-order valence-corrected chi connectivity index (χ3v) is 5.16. The van der Waals surface area contributed by atoms with E-state index in [1.54, 1.807) is 6.07 Å². The second-order valence-electron chi connectivity index (χ2n) is 6.47. The zero-order valence-corrected chi connectivity index (χ0v) is 13.2. The fourth-order valence-corrected chi connectivity index (χ4v) is 3.95. The van der Waals surface area contributed by atoms with Crippen molar-refractivity contribution >= 4 is 17.5 Å². The van der Waals surface area contributed by atoms with E-state index < -0.39 is 11.5 Å². The molecular weight excluding hydrogens is 307 g/mol. The number of aryl methyl sites for hydroxylation is 1. The summed E-state index contributed by atoms with van der Waals surface area (Å²) in [5, 5.41) is 5.86. The molecule has 2 aromatic carbocycles. The Balaban J connectivity index is 1.94. The molecule has 0 aromatic heterocycles. The molecule has 2 unspecified atom stereocenters. The standard InChI is InChI=1S/C19H17FN2O2/c1-11-6-7-12(20)10-13(11)17-19(9-8-16(23)22-17)14-4-2-3-5-15(14)21-18(19)24/h2-7,10,17H,8-9H2,1H3,(H,21,24)(H,22,23). The molecule has 1 spiro atoms. The molecule has 24 heavy (non-hydrogen) atoms. The highest BCUT2D eigenvalue weighted by Crippen LogP contribution is 2.51. The number of hydrogen-bond acceptors (Lipinski definition) is 2. The molecule has 1 fully saturated rings. The van der Waals surface area contributed by atoms with Gasteiger partial charge in [0.15, 0.2) is 0 Å². The van der Waals surface area contributed by atoms with Crippen LogP contribution < -0.4 is 10.6 Å². The molecule has 2 aromatic rings. The van der Waals surface area contributed by atoms with Crippen molar-refractivity contribution in [1.82, 2.24) is 5.32 Å². The van der Waals surface area contributed by atoms with Crippen LogP contribution in [-0.4, -0.2) is 11.8 Å². The quantitative estimate of drug-likeness (QED) is 0.847. The summed E-state index contributed by atoms with van der Waals surface area (Å²) in [5.41, 5.74) is 2.22. The molecule has 1 saturated heterocycles. The minimum atomic E-state index is -0.900. The molecular formula is C19H17FN2O2. The van der Waals surface area contributed by atoms with Crippen molar-refractivity contribution in [2.24, 2.45) is 0 Å². The van der Waals surface area contributed by atoms with Crippen molar-refractivity contribution in [2.45, 2.75) is 31.2 Å². The zero-order chi connectivity index (χ0) is 16.9. The number of amides is 2. The fraction of sp³-hybridized carbons (Fsp3) is 0.263. The fourth-order valence-electron chi connectivity index (χ4n) is 3.95. The van der Waals surface area contributed by atoms with E-state index in [2.05, 4.69) is 10.6 Å². The van der Waals surface area contributed by atoms with Crippen LogP contribution in [0.1, 0.15) is 35.6 Å². The summed E-state index contributed by atoms with van der Waals surface area (Å²) in [6, 6.07) is 11.4. The molecule has 2 heterocycles. The Hall–Kier alpha value is -2.69. The van der Waals surface area contributed by atoms with E-state index in [-0.39, 0.29) is 24.1 Å². The first-order valence-corrected chi connectivity index (χ1v) is 7.99. The second-order valence-corrected chi connectivity index (χ2v) is 6.47. The maximum Gasteiger partial charge on any atom is 0.237 e. The van der Waals surface area contributed by atoms with E-state index >= 15 is 0 Å². The van der Waals surface area contributed by atoms with E-state index in [9.17, 15) is 14.0 Å². The highest BCUT2D eigenvalue weighted by atomic mass is 19.1. The number of benzene rings is 2. The average molecular weight is 324 g/mol. The Morgan fingerprint density at radius 3 is 2.79 bits per heavy atom. The van der Waals surface area contributed by atoms with Gasteiger partial charge in [-0.1, -0.05) is 24.3 Å². The number of carbonyl (C=O) groups excluding carboxylic acids is 2. The molecule has 2 aliphatic heterocycles. The molecule has 2 amide bonds. The molecule has 5 heteroatoms. The summed E-state index contributed by atoms with van der Waals surface area (Å²) in [5.74, 6) is -0.638. The number of nitrogens with one attached hydrogen (secondary N) is 2. The van der Waals surface area contributed by atoms with Gasteiger partial charge in [-0.2, -0.15) is 0 Å². The Morgan fingerprint density at radius 1 is 1.17 bits per heavy atom. The number of halogens is 1. The van der Waals surface area contributed by atoms with Crippen LogP contribution in [0.4, 0.5) is 10.1 Å². The van der Waals surface area contributed by atoms with Gasteiger partial charge in [-0.05, 0) is 48.2 Å². The minimum absolute atomic E-state index is 0.119. The van der Waals surface area contributed by atoms with Crippen LogP contribution in [0.15, 0.2) is 42.5 Å². The van der Waals surface area contributed by atoms with Crippen LogP contribution in [0.5, 0.6) is 0 Å². The maximum absolute atomic E-state index is 13.9. The van der Waals surface area contributed by atoms with Gasteiger partial charge in [0.1, 0.15) is 11.2 Å². The van der Waals surface area contributed by atoms with Crippen LogP contribution in [0.2, 0.25) is 0 Å². The second kappa shape index (κ2) is 5.16. The van der Waals surface area contributed by atoms with Gasteiger partial charge in [0, 0.05) is 12.1 Å². The first kappa shape index (κ1) is 14.9. The molecule has 4 nitrogen and oxygen atoms in total. The first-order chi connectivity index (χ1) is 11.5. The lowest BCUT2D eigenvalue weighted by Gasteiger charge is -2.41. The van der Waals surface area contributed by atoms with Gasteiger partial charge in [0.05, 0.1) is 6.04 Å². The molecule has 122 valence electrons. The Labute approximate surface area is 139 Å². The van der Waals surface area contributed by atoms with Crippen LogP contribution in [0, 0.1) is 12.7 Å². The van der Waals surface area contributed by atoms with Crippen molar-refractivity contribution < 1.29 is 14.0 Å². The lowest BCUT2D eigenvalue weighted by Crippen LogP contribution is -2.52. The van der Waals surface area contributed by atoms with Gasteiger partial charge in [-0.25, -0.2) is 4.39 Å². The van der Waals surface area contributed by atoms with E-state index in [0.29, 0.717) is 12.0 Å². The lowest BCUT2D eigenvalue weighted by molar-refractivity contribution is -0.130. The van der Waals surface area contributed by atoms with Crippen LogP contribution >= 0.6 is 0 Å². The molecule has 2 N–H and O–H groups in total. The summed E-state index contributed by atoms with van der Waals surface area (Å²) >= 11 is 0. The number of piperidine rings is 1. The number of anilines is 1. The SMILES string of the molecule is Cc1ccc(F)cc1C1NC(=O)CCC12C(=O)Nc1ccccc12. The van der Waals surface area contributed by atoms with Crippen LogP contribution in [-0.2, 0) is 15.0 Å². The summed E-state index contributed by atoms with van der Waals surface area (Å²) in [7, 11) is 0. The third-order valence-electron chi connectivity index (χ3n) is 5.16. The van der Waals surface area contributed by atoms with Gasteiger partial charge in [0.2, 0.25) is 11.8 Å². The van der Waals surface area contributed by atoms with E-state index in [0.717, 1.165) is 16.8 Å². The van der Waals surface area contributed by atoms with Gasteiger partial charge in [0.25, 0.3) is 0 Å². The highest BCUT2D eigenvalue weighted by molar-refractivity contribution is 6.08. The van der Waals surface area contributed by atoms with Gasteiger partial charge in [-0.15, -0.1) is 0 Å². The zero-order valence-electron chi connectivity index (χ0n) is 13.2. The minimum Gasteiger partial charge on any atom is -0.348 e. The molecule has 0 bridgehead atoms. The predicted molar refractivity (Wildman–Crippen MR) is 88.0 cm³/mol. The van der Waals surface area contributed by atoms with Crippen molar-refractivity contribution in [2.75, 3.05) is 5.32 Å². The van der Waals surface area contributed by atoms with E-state index in [4.69, 9.17) is 0 Å². The number of fused-ring (bicyclic) bond motifs is 2. The van der Waals surface area contributed by atoms with Crippen molar-refractivity contribution in [3.8, 4) is 0 Å². The van der Waals surface area contributed by atoms with Crippen molar-refractivity contribution in [3.63, 3.8) is 0 Å². The van der Waals surface area contributed by atoms with Crippen LogP contribution in [0.3, 0.4) is 0 Å². The highest BCUT2D eigenvalue weighted by Gasteiger charge is 2.55. The number of hydrogen-bond donors (Lipinski definition) is 2. The molecule has 0 aliphatic carbocycles. The van der Waals surface area contributed by atoms with Gasteiger partial charge in [-0.3, -0.25) is 9.59 Å². The Morgan fingerprint density at radius 2 is 1.96 bits per heavy atom. The Bertz CT molecular complexity index is 864. The Kier molecular flexibility index (Phi) is 3.20. The number of para-hydroxylation sites is 1. The smallest absolute Gasteiger partial charge is 0.237 e. The topological polar surface area (TPSA) is 58.2 Å². The normalized spacial score (nSPS) is 25.3. The van der Waals surface area contributed by atoms with Crippen molar-refractivity contribution in [1.29, 1.82) is 0 Å². The largest absolute Gasteiger partial charge is 0.348 e. The molecule has 0 radical (unpaired) electrons. The summed E-state index contributed by atoms with van der Waals surface area (Å²) < 4.78 is 13.9. The first-order valence-electron chi connectivity index (χ1n) is 7.99. The molecule has 2 atom stereocenters. The molecule has 4 rings (SSSR count). The summed E-state index contributed by atoms with van der Waals surface area (Å²) in [6.45, 7) is 1.86. The lowest BCUT2D eigenvalue weighted by atomic mass is 9.67. The number of rotatable bonds is 1. The summed E-state index contributed by atoms with van der Waals surface area (Å²) in [6.07, 6.45) is 0.676.